The number of fused-ring (bicyclic) bond motifs is 2. The van der Waals surface area contributed by atoms with Gasteiger partial charge in [0.05, 0.1) is 6.04 Å². The summed E-state index contributed by atoms with van der Waals surface area (Å²) in [6.07, 6.45) is 10.8. The van der Waals surface area contributed by atoms with E-state index < -0.39 is 0 Å². The van der Waals surface area contributed by atoms with Gasteiger partial charge in [0.1, 0.15) is 5.82 Å². The van der Waals surface area contributed by atoms with E-state index >= 15 is 0 Å². The molecule has 0 radical (unpaired) electrons. The highest BCUT2D eigenvalue weighted by atomic mass is 16.2. The molecule has 0 saturated carbocycles. The van der Waals surface area contributed by atoms with Crippen LogP contribution >= 0.6 is 0 Å². The summed E-state index contributed by atoms with van der Waals surface area (Å²) in [6, 6.07) is 9.00. The first-order chi connectivity index (χ1) is 14.1. The smallest absolute Gasteiger partial charge is 0.317 e. The first-order valence-electron chi connectivity index (χ1n) is 11.1. The summed E-state index contributed by atoms with van der Waals surface area (Å²) in [4.78, 5) is 24.0. The minimum absolute atomic E-state index is 0.0456. The molecule has 2 aromatic rings. The van der Waals surface area contributed by atoms with Crippen molar-refractivity contribution < 1.29 is 4.79 Å². The van der Waals surface area contributed by atoms with Crippen LogP contribution in [0.5, 0.6) is 0 Å². The third kappa shape index (κ3) is 3.63. The molecule has 1 atom stereocenters. The molecule has 5 nitrogen and oxygen atoms in total. The van der Waals surface area contributed by atoms with Gasteiger partial charge in [0.25, 0.3) is 0 Å². The number of carbonyl (C=O) groups excluding carboxylic acids is 1. The lowest BCUT2D eigenvalue weighted by molar-refractivity contribution is 0.102. The van der Waals surface area contributed by atoms with E-state index in [0.29, 0.717) is 5.41 Å². The molecule has 5 rings (SSSR count). The van der Waals surface area contributed by atoms with Gasteiger partial charge < -0.3 is 10.2 Å². The second kappa shape index (κ2) is 7.43. The van der Waals surface area contributed by atoms with Crippen LogP contribution in [0.3, 0.4) is 0 Å². The Morgan fingerprint density at radius 2 is 1.93 bits per heavy atom. The fraction of sp³-hybridized carbons (Fsp3) is 0.542. The van der Waals surface area contributed by atoms with Crippen LogP contribution in [0.25, 0.3) is 0 Å². The minimum atomic E-state index is 0.0456. The summed E-state index contributed by atoms with van der Waals surface area (Å²) >= 11 is 0. The largest absolute Gasteiger partial charge is 0.331 e. The number of benzene rings is 1. The number of rotatable bonds is 1. The van der Waals surface area contributed by atoms with Crippen molar-refractivity contribution >= 4 is 6.03 Å². The van der Waals surface area contributed by atoms with Gasteiger partial charge in [-0.25, -0.2) is 14.8 Å². The number of aromatic nitrogens is 2. The summed E-state index contributed by atoms with van der Waals surface area (Å²) in [6.45, 7) is 3.64. The SMILES string of the molecule is Cc1ncc2c(n1)CCCC2NC(=O)N1CCC2(CCc3ccccc3C2)CC1. The Balaban J connectivity index is 1.22. The number of urea groups is 1. The molecule has 1 aliphatic heterocycles. The topological polar surface area (TPSA) is 58.1 Å². The van der Waals surface area contributed by atoms with Gasteiger partial charge in [-0.05, 0) is 74.8 Å². The normalized spacial score (nSPS) is 22.7. The highest BCUT2D eigenvalue weighted by Crippen LogP contribution is 2.43. The lowest BCUT2D eigenvalue weighted by Crippen LogP contribution is -2.49. The van der Waals surface area contributed by atoms with Crippen molar-refractivity contribution in [3.8, 4) is 0 Å². The number of hydrogen-bond donors (Lipinski definition) is 1. The predicted molar refractivity (Wildman–Crippen MR) is 113 cm³/mol. The molecule has 1 N–H and O–H groups in total. The van der Waals surface area contributed by atoms with E-state index in [1.165, 1.54) is 30.4 Å². The third-order valence-electron chi connectivity index (χ3n) is 7.32. The van der Waals surface area contributed by atoms with Crippen molar-refractivity contribution in [3.05, 3.63) is 58.7 Å². The summed E-state index contributed by atoms with van der Waals surface area (Å²) in [7, 11) is 0. The molecular weight excluding hydrogens is 360 g/mol. The Bertz CT molecular complexity index is 917. The van der Waals surface area contributed by atoms with Crippen LogP contribution in [0.15, 0.2) is 30.5 Å². The average molecular weight is 391 g/mol. The van der Waals surface area contributed by atoms with Crippen LogP contribution in [0, 0.1) is 12.3 Å². The van der Waals surface area contributed by atoms with Crippen molar-refractivity contribution in [1.29, 1.82) is 0 Å². The lowest BCUT2D eigenvalue weighted by Gasteiger charge is -2.45. The van der Waals surface area contributed by atoms with Crippen molar-refractivity contribution in [1.82, 2.24) is 20.2 Å². The van der Waals surface area contributed by atoms with Gasteiger partial charge in [0.15, 0.2) is 0 Å². The van der Waals surface area contributed by atoms with E-state index in [1.807, 2.05) is 18.0 Å². The highest BCUT2D eigenvalue weighted by molar-refractivity contribution is 5.75. The number of nitrogens with zero attached hydrogens (tertiary/aromatic N) is 3. The van der Waals surface area contributed by atoms with Gasteiger partial charge in [0.2, 0.25) is 0 Å². The number of amides is 2. The van der Waals surface area contributed by atoms with Gasteiger partial charge in [-0.2, -0.15) is 0 Å². The number of aryl methyl sites for hydroxylation is 3. The van der Waals surface area contributed by atoms with E-state index in [4.69, 9.17) is 0 Å². The van der Waals surface area contributed by atoms with Gasteiger partial charge in [-0.3, -0.25) is 0 Å². The van der Waals surface area contributed by atoms with E-state index in [0.717, 1.165) is 62.3 Å². The number of carbonyl (C=O) groups is 1. The van der Waals surface area contributed by atoms with Crippen LogP contribution in [0.2, 0.25) is 0 Å². The summed E-state index contributed by atoms with van der Waals surface area (Å²) in [5, 5.41) is 3.28. The zero-order chi connectivity index (χ0) is 19.8. The molecule has 1 aromatic carbocycles. The Morgan fingerprint density at radius 3 is 2.76 bits per heavy atom. The molecule has 1 saturated heterocycles. The second-order valence-electron chi connectivity index (χ2n) is 9.15. The van der Waals surface area contributed by atoms with Crippen molar-refractivity contribution in [2.75, 3.05) is 13.1 Å². The average Bonchev–Trinajstić information content (AvgIpc) is 2.74. The monoisotopic (exact) mass is 390 g/mol. The first-order valence-corrected chi connectivity index (χ1v) is 11.1. The molecule has 1 unspecified atom stereocenters. The first kappa shape index (κ1) is 18.6. The number of hydrogen-bond acceptors (Lipinski definition) is 3. The Hall–Kier alpha value is -2.43. The maximum atomic E-state index is 13.0. The van der Waals surface area contributed by atoms with Gasteiger partial charge in [0, 0.05) is 30.5 Å². The summed E-state index contributed by atoms with van der Waals surface area (Å²) < 4.78 is 0. The second-order valence-corrected chi connectivity index (χ2v) is 9.15. The maximum Gasteiger partial charge on any atom is 0.317 e. The molecule has 1 fully saturated rings. The lowest BCUT2D eigenvalue weighted by atomic mass is 9.66. The standard InChI is InChI=1S/C24H30N4O/c1-17-25-16-20-21(26-17)7-4-8-22(20)27-23(29)28-13-11-24(12-14-28)10-9-18-5-2-3-6-19(18)15-24/h2-3,5-6,16,22H,4,7-15H2,1H3,(H,27,29). The third-order valence-corrected chi connectivity index (χ3v) is 7.32. The maximum absolute atomic E-state index is 13.0. The van der Waals surface area contributed by atoms with Gasteiger partial charge >= 0.3 is 6.03 Å². The zero-order valence-corrected chi connectivity index (χ0v) is 17.3. The van der Waals surface area contributed by atoms with Crippen LogP contribution < -0.4 is 5.32 Å². The molecule has 3 aliphatic rings. The summed E-state index contributed by atoms with van der Waals surface area (Å²) in [5.74, 6) is 0.811. The molecular formula is C24H30N4O. The van der Waals surface area contributed by atoms with Crippen LogP contribution in [0.1, 0.15) is 66.4 Å². The number of likely N-dealkylation sites (tertiary alicyclic amines) is 1. The van der Waals surface area contributed by atoms with E-state index in [-0.39, 0.29) is 12.1 Å². The van der Waals surface area contributed by atoms with Crippen molar-refractivity contribution in [2.24, 2.45) is 5.41 Å². The predicted octanol–water partition coefficient (Wildman–Crippen LogP) is 4.14. The van der Waals surface area contributed by atoms with E-state index in [1.54, 1.807) is 0 Å². The van der Waals surface area contributed by atoms with Crippen molar-refractivity contribution in [2.45, 2.75) is 64.3 Å². The van der Waals surface area contributed by atoms with Gasteiger partial charge in [-0.15, -0.1) is 0 Å². The highest BCUT2D eigenvalue weighted by Gasteiger charge is 2.38. The fourth-order valence-electron chi connectivity index (χ4n) is 5.51. The molecule has 0 bridgehead atoms. The van der Waals surface area contributed by atoms with E-state index in [2.05, 4.69) is 39.6 Å². The molecule has 2 heterocycles. The molecule has 1 spiro atoms. The van der Waals surface area contributed by atoms with Crippen LogP contribution in [0.4, 0.5) is 4.79 Å². The molecule has 1 aromatic heterocycles. The minimum Gasteiger partial charge on any atom is -0.331 e. The summed E-state index contributed by atoms with van der Waals surface area (Å²) in [5.41, 5.74) is 5.63. The zero-order valence-electron chi connectivity index (χ0n) is 17.3. The van der Waals surface area contributed by atoms with Gasteiger partial charge in [-0.1, -0.05) is 24.3 Å². The molecule has 29 heavy (non-hydrogen) atoms. The molecule has 152 valence electrons. The van der Waals surface area contributed by atoms with Crippen LogP contribution in [-0.2, 0) is 19.3 Å². The number of piperidine rings is 1. The van der Waals surface area contributed by atoms with Crippen LogP contribution in [-0.4, -0.2) is 34.0 Å². The van der Waals surface area contributed by atoms with E-state index in [9.17, 15) is 4.79 Å². The Morgan fingerprint density at radius 1 is 1.14 bits per heavy atom. The molecule has 5 heteroatoms. The number of nitrogens with one attached hydrogen (secondary N) is 1. The quantitative estimate of drug-likeness (QED) is 0.796. The molecule has 2 amide bonds. The Labute approximate surface area is 172 Å². The molecule has 2 aliphatic carbocycles. The Kier molecular flexibility index (Phi) is 4.76. The fourth-order valence-corrected chi connectivity index (χ4v) is 5.51. The van der Waals surface area contributed by atoms with Crippen molar-refractivity contribution in [3.63, 3.8) is 0 Å².